The highest BCUT2D eigenvalue weighted by Crippen LogP contribution is 2.28. The summed E-state index contributed by atoms with van der Waals surface area (Å²) in [4.78, 5) is 12.8. The van der Waals surface area contributed by atoms with Crippen molar-refractivity contribution in [3.8, 4) is 0 Å². The second kappa shape index (κ2) is 8.00. The van der Waals surface area contributed by atoms with Gasteiger partial charge in [-0.1, -0.05) is 19.9 Å². The maximum absolute atomic E-state index is 10.5. The van der Waals surface area contributed by atoms with Crippen LogP contribution in [0.1, 0.15) is 32.3 Å². The molecule has 0 saturated heterocycles. The van der Waals surface area contributed by atoms with Gasteiger partial charge in [-0.15, -0.1) is 0 Å². The van der Waals surface area contributed by atoms with E-state index in [-0.39, 0.29) is 0 Å². The van der Waals surface area contributed by atoms with E-state index in [4.69, 9.17) is 5.11 Å². The summed E-state index contributed by atoms with van der Waals surface area (Å²) in [6.07, 6.45) is 4.96. The Morgan fingerprint density at radius 2 is 1.95 bits per heavy atom. The quantitative estimate of drug-likeness (QED) is 0.765. The molecule has 19 heavy (non-hydrogen) atoms. The van der Waals surface area contributed by atoms with Gasteiger partial charge in [0, 0.05) is 23.6 Å². The summed E-state index contributed by atoms with van der Waals surface area (Å²) in [7, 11) is 0. The molecule has 3 nitrogen and oxygen atoms in total. The molecule has 0 bridgehead atoms. The summed E-state index contributed by atoms with van der Waals surface area (Å²) in [5.41, 5.74) is 2.04. The first-order valence-electron chi connectivity index (χ1n) is 6.54. The van der Waals surface area contributed by atoms with Crippen molar-refractivity contribution in [1.82, 2.24) is 0 Å². The van der Waals surface area contributed by atoms with Crippen LogP contribution in [0.4, 0.5) is 5.69 Å². The average molecular weight is 326 g/mol. The van der Waals surface area contributed by atoms with Crippen LogP contribution in [0.3, 0.4) is 0 Å². The smallest absolute Gasteiger partial charge is 0.328 e. The second-order valence-electron chi connectivity index (χ2n) is 4.37. The summed E-state index contributed by atoms with van der Waals surface area (Å²) in [6, 6.07) is 5.93. The maximum atomic E-state index is 10.5. The van der Waals surface area contributed by atoms with E-state index in [0.717, 1.165) is 47.7 Å². The molecule has 0 radical (unpaired) electrons. The first kappa shape index (κ1) is 15.8. The Labute approximate surface area is 123 Å². The fourth-order valence-electron chi connectivity index (χ4n) is 1.94. The number of anilines is 1. The van der Waals surface area contributed by atoms with Crippen molar-refractivity contribution >= 4 is 33.7 Å². The number of carbonyl (C=O) groups is 1. The zero-order chi connectivity index (χ0) is 14.3. The average Bonchev–Trinajstić information content (AvgIpc) is 2.36. The lowest BCUT2D eigenvalue weighted by Crippen LogP contribution is -2.25. The van der Waals surface area contributed by atoms with Crippen molar-refractivity contribution in [3.05, 3.63) is 34.3 Å². The molecule has 0 unspecified atom stereocenters. The highest BCUT2D eigenvalue weighted by molar-refractivity contribution is 9.10. The van der Waals surface area contributed by atoms with E-state index in [0.29, 0.717) is 0 Å². The molecule has 0 aromatic heterocycles. The van der Waals surface area contributed by atoms with Gasteiger partial charge in [-0.3, -0.25) is 0 Å². The third-order valence-electron chi connectivity index (χ3n) is 2.72. The standard InChI is InChI=1S/C15H20BrNO2/c1-3-9-17(10-4-2)14-7-5-12(11-13(14)16)6-8-15(18)19/h5-8,11H,3-4,9-10H2,1-2H3,(H,18,19)/b8-6+. The Balaban J connectivity index is 2.94. The number of nitrogens with zero attached hydrogens (tertiary/aromatic N) is 1. The van der Waals surface area contributed by atoms with E-state index >= 15 is 0 Å². The fourth-order valence-corrected chi connectivity index (χ4v) is 2.59. The van der Waals surface area contributed by atoms with Crippen LogP contribution in [0, 0.1) is 0 Å². The lowest BCUT2D eigenvalue weighted by atomic mass is 10.1. The van der Waals surface area contributed by atoms with Gasteiger partial charge in [0.25, 0.3) is 0 Å². The third kappa shape index (κ3) is 5.07. The van der Waals surface area contributed by atoms with E-state index in [1.54, 1.807) is 6.08 Å². The summed E-state index contributed by atoms with van der Waals surface area (Å²) < 4.78 is 1.00. The molecule has 1 aromatic carbocycles. The van der Waals surface area contributed by atoms with Gasteiger partial charge in [0.1, 0.15) is 0 Å². The minimum absolute atomic E-state index is 0.881. The molecule has 0 heterocycles. The largest absolute Gasteiger partial charge is 0.478 e. The van der Waals surface area contributed by atoms with Gasteiger partial charge in [0.15, 0.2) is 0 Å². The van der Waals surface area contributed by atoms with Crippen LogP contribution in [0.25, 0.3) is 6.08 Å². The Hall–Kier alpha value is -1.29. The van der Waals surface area contributed by atoms with Crippen LogP contribution in [-0.2, 0) is 4.79 Å². The van der Waals surface area contributed by atoms with E-state index < -0.39 is 5.97 Å². The Kier molecular flexibility index (Phi) is 6.64. The number of halogens is 1. The van der Waals surface area contributed by atoms with Gasteiger partial charge in [-0.05, 0) is 52.5 Å². The van der Waals surface area contributed by atoms with Gasteiger partial charge in [-0.2, -0.15) is 0 Å². The van der Waals surface area contributed by atoms with Crippen molar-refractivity contribution in [2.45, 2.75) is 26.7 Å². The molecule has 1 aromatic rings. The van der Waals surface area contributed by atoms with Gasteiger partial charge in [0.2, 0.25) is 0 Å². The number of carboxylic acid groups (broad SMARTS) is 1. The van der Waals surface area contributed by atoms with E-state index in [1.165, 1.54) is 0 Å². The van der Waals surface area contributed by atoms with Gasteiger partial charge >= 0.3 is 5.97 Å². The number of rotatable bonds is 7. The van der Waals surface area contributed by atoms with E-state index in [1.807, 2.05) is 18.2 Å². The molecule has 1 N–H and O–H groups in total. The molecule has 0 amide bonds. The van der Waals surface area contributed by atoms with Crippen molar-refractivity contribution in [1.29, 1.82) is 0 Å². The van der Waals surface area contributed by atoms with Crippen LogP contribution in [-0.4, -0.2) is 24.2 Å². The minimum Gasteiger partial charge on any atom is -0.478 e. The SMILES string of the molecule is CCCN(CCC)c1ccc(/C=C/C(=O)O)cc1Br. The van der Waals surface area contributed by atoms with Crippen LogP contribution in [0.5, 0.6) is 0 Å². The van der Waals surface area contributed by atoms with Crippen molar-refractivity contribution < 1.29 is 9.90 Å². The molecular weight excluding hydrogens is 306 g/mol. The minimum atomic E-state index is -0.932. The number of carboxylic acids is 1. The molecule has 104 valence electrons. The fraction of sp³-hybridized carbons (Fsp3) is 0.400. The Bertz CT molecular complexity index is 451. The number of aliphatic carboxylic acids is 1. The molecule has 1 rings (SSSR count). The van der Waals surface area contributed by atoms with Crippen LogP contribution < -0.4 is 4.90 Å². The molecule has 0 atom stereocenters. The Morgan fingerprint density at radius 3 is 2.42 bits per heavy atom. The highest BCUT2D eigenvalue weighted by Gasteiger charge is 2.08. The zero-order valence-corrected chi connectivity index (χ0v) is 13.0. The Morgan fingerprint density at radius 1 is 1.32 bits per heavy atom. The van der Waals surface area contributed by atoms with Crippen LogP contribution in [0.15, 0.2) is 28.7 Å². The molecule has 0 fully saturated rings. The lowest BCUT2D eigenvalue weighted by molar-refractivity contribution is -0.131. The summed E-state index contributed by atoms with van der Waals surface area (Å²) >= 11 is 3.57. The molecule has 0 aliphatic carbocycles. The second-order valence-corrected chi connectivity index (χ2v) is 5.22. The van der Waals surface area contributed by atoms with Gasteiger partial charge in [0.05, 0.1) is 5.69 Å². The predicted octanol–water partition coefficient (Wildman–Crippen LogP) is 4.17. The monoisotopic (exact) mass is 325 g/mol. The maximum Gasteiger partial charge on any atom is 0.328 e. The third-order valence-corrected chi connectivity index (χ3v) is 3.35. The molecular formula is C15H20BrNO2. The summed E-state index contributed by atoms with van der Waals surface area (Å²) in [5.74, 6) is -0.932. The molecule has 0 saturated carbocycles. The highest BCUT2D eigenvalue weighted by atomic mass is 79.9. The number of hydrogen-bond donors (Lipinski definition) is 1. The van der Waals surface area contributed by atoms with Gasteiger partial charge in [-0.25, -0.2) is 4.79 Å². The van der Waals surface area contributed by atoms with Crippen LogP contribution >= 0.6 is 15.9 Å². The predicted molar refractivity (Wildman–Crippen MR) is 83.6 cm³/mol. The normalized spacial score (nSPS) is 10.9. The number of benzene rings is 1. The van der Waals surface area contributed by atoms with E-state index in [9.17, 15) is 4.79 Å². The summed E-state index contributed by atoms with van der Waals surface area (Å²) in [5, 5.41) is 8.62. The first-order valence-corrected chi connectivity index (χ1v) is 7.33. The van der Waals surface area contributed by atoms with Crippen molar-refractivity contribution in [3.63, 3.8) is 0 Å². The van der Waals surface area contributed by atoms with E-state index in [2.05, 4.69) is 34.7 Å². The molecule has 0 aliphatic heterocycles. The number of hydrogen-bond acceptors (Lipinski definition) is 2. The topological polar surface area (TPSA) is 40.5 Å². The van der Waals surface area contributed by atoms with Crippen LogP contribution in [0.2, 0.25) is 0 Å². The van der Waals surface area contributed by atoms with Crippen molar-refractivity contribution in [2.75, 3.05) is 18.0 Å². The molecule has 4 heteroatoms. The first-order chi connectivity index (χ1) is 9.08. The molecule has 0 aliphatic rings. The molecule has 0 spiro atoms. The zero-order valence-electron chi connectivity index (χ0n) is 11.4. The summed E-state index contributed by atoms with van der Waals surface area (Å²) in [6.45, 7) is 6.38. The van der Waals surface area contributed by atoms with Gasteiger partial charge < -0.3 is 10.0 Å². The van der Waals surface area contributed by atoms with Crippen molar-refractivity contribution in [2.24, 2.45) is 0 Å². The lowest BCUT2D eigenvalue weighted by Gasteiger charge is -2.25.